The van der Waals surface area contributed by atoms with Crippen LogP contribution in [-0.2, 0) is 9.53 Å². The van der Waals surface area contributed by atoms with Gasteiger partial charge in [-0.05, 0) is 35.2 Å². The van der Waals surface area contributed by atoms with Crippen molar-refractivity contribution in [2.45, 2.75) is 49.0 Å². The molecular weight excluding hydrogens is 697 g/mol. The lowest BCUT2D eigenvalue weighted by Gasteiger charge is -2.22. The Morgan fingerprint density at radius 1 is 0.981 bits per heavy atom. The fraction of sp³-hybridized carbons (Fsp3) is 0.351. The van der Waals surface area contributed by atoms with E-state index in [0.717, 1.165) is 25.3 Å². The zero-order chi connectivity index (χ0) is 37.7. The molecule has 0 spiro atoms. The first-order valence-corrected chi connectivity index (χ1v) is 16.9. The Labute approximate surface area is 302 Å². The Bertz CT molecular complexity index is 1930. The fourth-order valence-electron chi connectivity index (χ4n) is 6.55. The molecule has 2 aliphatic rings. The van der Waals surface area contributed by atoms with E-state index in [0.29, 0.717) is 35.4 Å². The van der Waals surface area contributed by atoms with Crippen LogP contribution in [0.5, 0.6) is 5.75 Å². The number of carbonyl (C=O) groups is 1. The average Bonchev–Trinajstić information content (AvgIpc) is 3.90. The van der Waals surface area contributed by atoms with E-state index >= 15 is 0 Å². The first-order valence-electron chi connectivity index (χ1n) is 16.9. The number of aliphatic carboxylic acids is 1. The van der Waals surface area contributed by atoms with Crippen molar-refractivity contribution in [2.75, 3.05) is 43.6 Å². The van der Waals surface area contributed by atoms with Crippen LogP contribution in [0.25, 0.3) is 11.2 Å². The van der Waals surface area contributed by atoms with Crippen molar-refractivity contribution < 1.29 is 47.9 Å². The lowest BCUT2D eigenvalue weighted by Crippen LogP contribution is -2.33. The Morgan fingerprint density at radius 3 is 2.15 bits per heavy atom. The topological polar surface area (TPSA) is 175 Å². The van der Waals surface area contributed by atoms with Crippen molar-refractivity contribution in [1.29, 1.82) is 0 Å². The molecule has 2 saturated heterocycles. The lowest BCUT2D eigenvalue weighted by atomic mass is 9.91. The van der Waals surface area contributed by atoms with Crippen LogP contribution in [0.2, 0.25) is 0 Å². The molecule has 2 fully saturated rings. The number of carboxylic acid groups (broad SMARTS) is 1. The van der Waals surface area contributed by atoms with Gasteiger partial charge in [0, 0.05) is 31.5 Å². The number of rotatable bonds is 10. The number of benzene rings is 3. The second-order valence-electron chi connectivity index (χ2n) is 12.7. The number of methoxy groups -OCH3 is 1. The van der Waals surface area contributed by atoms with Crippen LogP contribution in [0.3, 0.4) is 0 Å². The minimum absolute atomic E-state index is 0.0460. The van der Waals surface area contributed by atoms with Crippen LogP contribution in [-0.4, -0.2) is 104 Å². The van der Waals surface area contributed by atoms with E-state index in [1.807, 2.05) is 48.5 Å². The van der Waals surface area contributed by atoms with E-state index in [9.17, 15) is 28.5 Å². The summed E-state index contributed by atoms with van der Waals surface area (Å²) in [6.45, 7) is 1.63. The minimum atomic E-state index is -5.08. The zero-order valence-electron chi connectivity index (χ0n) is 28.5. The number of nitrogens with zero attached hydrogens (tertiary/aromatic N) is 5. The summed E-state index contributed by atoms with van der Waals surface area (Å²) < 4.78 is 44.6. The number of hydrogen-bond donors (Lipinski definition) is 5. The highest BCUT2D eigenvalue weighted by Gasteiger charge is 2.44. The highest BCUT2D eigenvalue weighted by atomic mass is 19.4. The van der Waals surface area contributed by atoms with Crippen LogP contribution in [0.4, 0.5) is 24.9 Å². The molecule has 5 N–H and O–H groups in total. The molecule has 7 rings (SSSR count). The molecule has 2 aliphatic heterocycles. The first-order chi connectivity index (χ1) is 25.5. The van der Waals surface area contributed by atoms with Crippen molar-refractivity contribution >= 4 is 28.9 Å². The van der Waals surface area contributed by atoms with Gasteiger partial charge in [-0.2, -0.15) is 23.1 Å². The van der Waals surface area contributed by atoms with Crippen molar-refractivity contribution in [3.8, 4) is 5.75 Å². The summed E-state index contributed by atoms with van der Waals surface area (Å²) in [5, 5.41) is 41.8. The maximum Gasteiger partial charge on any atom is 0.490 e. The summed E-state index contributed by atoms with van der Waals surface area (Å²) in [7, 11) is 1.66. The number of nitrogens with one attached hydrogen (secondary N) is 1. The van der Waals surface area contributed by atoms with Gasteiger partial charge in [0.2, 0.25) is 5.95 Å². The van der Waals surface area contributed by atoms with E-state index in [2.05, 4.69) is 51.6 Å². The van der Waals surface area contributed by atoms with E-state index in [4.69, 9.17) is 29.3 Å². The molecule has 0 aliphatic carbocycles. The van der Waals surface area contributed by atoms with Crippen molar-refractivity contribution in [3.05, 3.63) is 108 Å². The number of carboxylic acids is 1. The number of ether oxygens (including phenoxy) is 2. The van der Waals surface area contributed by atoms with Gasteiger partial charge in [-0.1, -0.05) is 72.8 Å². The van der Waals surface area contributed by atoms with Gasteiger partial charge >= 0.3 is 12.1 Å². The Kier molecular flexibility index (Phi) is 11.4. The third-order valence-corrected chi connectivity index (χ3v) is 9.38. The van der Waals surface area contributed by atoms with Gasteiger partial charge < -0.3 is 40.1 Å². The summed E-state index contributed by atoms with van der Waals surface area (Å²) in [6, 6.07) is 28.9. The van der Waals surface area contributed by atoms with Gasteiger partial charge in [0.25, 0.3) is 0 Å². The predicted octanol–water partition coefficient (Wildman–Crippen LogP) is 4.32. The molecule has 16 heteroatoms. The number of halogens is 3. The number of aliphatic hydroxyl groups is 3. The fourth-order valence-corrected chi connectivity index (χ4v) is 6.55. The Balaban J connectivity index is 0.000000626. The molecule has 3 aromatic carbocycles. The molecule has 0 amide bonds. The molecule has 5 atom stereocenters. The molecule has 0 saturated carbocycles. The molecule has 0 bridgehead atoms. The molecule has 1 unspecified atom stereocenters. The summed E-state index contributed by atoms with van der Waals surface area (Å²) in [4.78, 5) is 25.7. The van der Waals surface area contributed by atoms with Gasteiger partial charge in [0.05, 0.1) is 20.0 Å². The second-order valence-corrected chi connectivity index (χ2v) is 12.7. The number of alkyl halides is 3. The molecule has 5 aromatic rings. The zero-order valence-corrected chi connectivity index (χ0v) is 28.5. The van der Waals surface area contributed by atoms with Crippen LogP contribution in [0, 0.1) is 0 Å². The largest absolute Gasteiger partial charge is 0.497 e. The van der Waals surface area contributed by atoms with Gasteiger partial charge in [-0.15, -0.1) is 0 Å². The predicted molar refractivity (Wildman–Crippen MR) is 188 cm³/mol. The summed E-state index contributed by atoms with van der Waals surface area (Å²) in [5.74, 6) is -0.485. The highest BCUT2D eigenvalue weighted by molar-refractivity contribution is 5.84. The van der Waals surface area contributed by atoms with Gasteiger partial charge in [-0.3, -0.25) is 4.57 Å². The summed E-state index contributed by atoms with van der Waals surface area (Å²) in [6.07, 6.45) is -7.00. The van der Waals surface area contributed by atoms with Crippen molar-refractivity contribution in [1.82, 2.24) is 19.5 Å². The average molecular weight is 737 g/mol. The molecule has 280 valence electrons. The number of hydrogen-bond acceptors (Lipinski definition) is 11. The number of anilines is 2. The van der Waals surface area contributed by atoms with Gasteiger partial charge in [0.15, 0.2) is 23.2 Å². The molecule has 2 aromatic heterocycles. The number of aromatic nitrogens is 4. The van der Waals surface area contributed by atoms with Crippen LogP contribution in [0.1, 0.15) is 41.2 Å². The highest BCUT2D eigenvalue weighted by Crippen LogP contribution is 2.36. The van der Waals surface area contributed by atoms with E-state index < -0.39 is 43.3 Å². The van der Waals surface area contributed by atoms with Crippen molar-refractivity contribution in [2.24, 2.45) is 0 Å². The van der Waals surface area contributed by atoms with Crippen molar-refractivity contribution in [3.63, 3.8) is 0 Å². The SMILES string of the molecule is COc1ccc(C2CCN(c3nc(NCC(c4ccccc4)c4ccccc4)c4ncn([C@@H]5O[C@H](CO)[C@@H](O)[C@H]5O)c4n3)C2)cc1.O=C(O)C(F)(F)F. The van der Waals surface area contributed by atoms with E-state index in [1.165, 1.54) is 16.7 Å². The van der Waals surface area contributed by atoms with Crippen LogP contribution >= 0.6 is 0 Å². The maximum absolute atomic E-state index is 10.9. The van der Waals surface area contributed by atoms with Crippen LogP contribution in [0.15, 0.2) is 91.3 Å². The Hall–Kier alpha value is -5.29. The normalized spacial score (nSPS) is 21.4. The molecule has 53 heavy (non-hydrogen) atoms. The monoisotopic (exact) mass is 736 g/mol. The number of fused-ring (bicyclic) bond motifs is 1. The number of aliphatic hydroxyl groups excluding tert-OH is 3. The van der Waals surface area contributed by atoms with E-state index in [-0.39, 0.29) is 5.92 Å². The quantitative estimate of drug-likeness (QED) is 0.138. The standard InChI is InChI=1S/C35H38N6O5.C2HF3O2/c1-45-26-14-12-22(13-15-26)25-16-17-40(19-25)35-38-32(36-18-27(23-8-4-2-5-9-23)24-10-6-3-7-11-24)29-33(39-35)41(21-37-29)34-31(44)30(43)28(20-42)46-34;3-2(4,5)1(6)7/h2-15,21,25,27-28,30-31,34,42-44H,16-20H2,1H3,(H,36,38,39);(H,6,7)/t25?,28-,30-,31-,34-;/m1./s1. The smallest absolute Gasteiger partial charge is 0.490 e. The Morgan fingerprint density at radius 2 is 1.60 bits per heavy atom. The van der Waals surface area contributed by atoms with Crippen LogP contribution < -0.4 is 15.0 Å². The molecule has 0 radical (unpaired) electrons. The molecule has 4 heterocycles. The lowest BCUT2D eigenvalue weighted by molar-refractivity contribution is -0.192. The van der Waals surface area contributed by atoms with Gasteiger partial charge in [0.1, 0.15) is 24.1 Å². The van der Waals surface area contributed by atoms with Gasteiger partial charge in [-0.25, -0.2) is 9.78 Å². The molecule has 13 nitrogen and oxygen atoms in total. The first kappa shape index (κ1) is 37.5. The third kappa shape index (κ3) is 8.36. The summed E-state index contributed by atoms with van der Waals surface area (Å²) in [5.41, 5.74) is 4.56. The minimum Gasteiger partial charge on any atom is -0.497 e. The second kappa shape index (κ2) is 16.2. The molecular formula is C37H39F3N6O7. The third-order valence-electron chi connectivity index (χ3n) is 9.38. The summed E-state index contributed by atoms with van der Waals surface area (Å²) >= 11 is 0. The maximum atomic E-state index is 10.9. The van der Waals surface area contributed by atoms with E-state index in [1.54, 1.807) is 18.0 Å². The number of imidazole rings is 1.